The summed E-state index contributed by atoms with van der Waals surface area (Å²) in [5, 5.41) is 2.52. The van der Waals surface area contributed by atoms with E-state index in [1.54, 1.807) is 6.20 Å². The van der Waals surface area contributed by atoms with E-state index in [1.165, 1.54) is 5.56 Å². The number of allylic oxidation sites excluding steroid dienone is 1. The lowest BCUT2D eigenvalue weighted by molar-refractivity contribution is -0.108. The van der Waals surface area contributed by atoms with Crippen molar-refractivity contribution < 1.29 is 4.79 Å². The quantitative estimate of drug-likeness (QED) is 0.700. The molecule has 0 atom stereocenters. The fourth-order valence-electron chi connectivity index (χ4n) is 1.13. The Kier molecular flexibility index (Phi) is 3.26. The topological polar surface area (TPSA) is 29.1 Å². The number of aryl methyl sites for hydroxylation is 1. The maximum absolute atomic E-state index is 10.1. The highest BCUT2D eigenvalue weighted by Crippen LogP contribution is 2.13. The maximum Gasteiger partial charge on any atom is 0.211 e. The van der Waals surface area contributed by atoms with Gasteiger partial charge in [-0.05, 0) is 25.0 Å². The van der Waals surface area contributed by atoms with E-state index in [9.17, 15) is 4.79 Å². The second-order valence-electron chi connectivity index (χ2n) is 2.98. The first-order chi connectivity index (χ1) is 6.24. The summed E-state index contributed by atoms with van der Waals surface area (Å²) in [5.74, 6) is 0. The summed E-state index contributed by atoms with van der Waals surface area (Å²) in [4.78, 5) is 10.1. The number of rotatable bonds is 3. The molecule has 0 saturated heterocycles. The van der Waals surface area contributed by atoms with Crippen molar-refractivity contribution in [2.24, 2.45) is 0 Å². The van der Waals surface area contributed by atoms with E-state index in [0.717, 1.165) is 11.1 Å². The number of carbonyl (C=O) groups excluding carboxylic acids is 1. The molecule has 0 heterocycles. The summed E-state index contributed by atoms with van der Waals surface area (Å²) in [5.41, 5.74) is 3.40. The minimum Gasteiger partial charge on any atom is -0.335 e. The Morgan fingerprint density at radius 1 is 1.46 bits per heavy atom. The van der Waals surface area contributed by atoms with Crippen LogP contribution in [-0.2, 0) is 4.79 Å². The van der Waals surface area contributed by atoms with E-state index < -0.39 is 0 Å². The minimum atomic E-state index is 0.666. The zero-order valence-electron chi connectivity index (χ0n) is 7.87. The average Bonchev–Trinajstić information content (AvgIpc) is 2.14. The number of nitrogens with one attached hydrogen (secondary N) is 1. The summed E-state index contributed by atoms with van der Waals surface area (Å²) < 4.78 is 0. The van der Waals surface area contributed by atoms with Gasteiger partial charge in [0.05, 0.1) is 0 Å². The predicted molar refractivity (Wildman–Crippen MR) is 54.0 cm³/mol. The van der Waals surface area contributed by atoms with E-state index >= 15 is 0 Å². The van der Waals surface area contributed by atoms with Gasteiger partial charge < -0.3 is 5.32 Å². The van der Waals surface area contributed by atoms with E-state index in [1.807, 2.05) is 32.0 Å². The molecule has 13 heavy (non-hydrogen) atoms. The molecule has 1 amide bonds. The molecule has 68 valence electrons. The Bertz CT molecular complexity index is 329. The van der Waals surface area contributed by atoms with Crippen molar-refractivity contribution in [2.75, 3.05) is 0 Å². The number of carbonyl (C=O) groups is 1. The largest absolute Gasteiger partial charge is 0.335 e. The van der Waals surface area contributed by atoms with E-state index in [0.29, 0.717) is 6.41 Å². The summed E-state index contributed by atoms with van der Waals surface area (Å²) in [6.45, 7) is 4.01. The van der Waals surface area contributed by atoms with Crippen LogP contribution in [0.15, 0.2) is 30.5 Å². The van der Waals surface area contributed by atoms with Gasteiger partial charge in [0, 0.05) is 6.20 Å². The maximum atomic E-state index is 10.1. The molecule has 0 aliphatic carbocycles. The molecule has 0 spiro atoms. The van der Waals surface area contributed by atoms with Crippen molar-refractivity contribution in [1.29, 1.82) is 0 Å². The molecule has 1 aromatic rings. The molecule has 1 rings (SSSR count). The van der Waals surface area contributed by atoms with E-state index in [2.05, 4.69) is 11.4 Å². The Morgan fingerprint density at radius 2 is 2.23 bits per heavy atom. The van der Waals surface area contributed by atoms with Crippen LogP contribution < -0.4 is 5.32 Å². The molecular weight excluding hydrogens is 162 g/mol. The lowest BCUT2D eigenvalue weighted by atomic mass is 10.1. The van der Waals surface area contributed by atoms with E-state index in [4.69, 9.17) is 0 Å². The predicted octanol–water partition coefficient (Wildman–Crippen LogP) is 2.10. The SMILES string of the molecule is C/C(=C\NC=O)c1cccc(C)c1. The molecule has 0 saturated carbocycles. The van der Waals surface area contributed by atoms with Crippen LogP contribution in [0.4, 0.5) is 0 Å². The fourth-order valence-corrected chi connectivity index (χ4v) is 1.13. The number of amides is 1. The first-order valence-electron chi connectivity index (χ1n) is 4.17. The van der Waals surface area contributed by atoms with Crippen molar-refractivity contribution in [1.82, 2.24) is 5.32 Å². The first-order valence-corrected chi connectivity index (χ1v) is 4.17. The Labute approximate surface area is 78.3 Å². The highest BCUT2D eigenvalue weighted by Gasteiger charge is 1.94. The van der Waals surface area contributed by atoms with Gasteiger partial charge >= 0.3 is 0 Å². The Morgan fingerprint density at radius 3 is 2.85 bits per heavy atom. The van der Waals surface area contributed by atoms with Crippen molar-refractivity contribution in [3.63, 3.8) is 0 Å². The fraction of sp³-hybridized carbons (Fsp3) is 0.182. The highest BCUT2D eigenvalue weighted by molar-refractivity contribution is 5.66. The molecule has 2 heteroatoms. The van der Waals surface area contributed by atoms with Gasteiger partial charge in [-0.1, -0.05) is 29.8 Å². The Balaban J connectivity index is 2.88. The standard InChI is InChI=1S/C11H13NO/c1-9-4-3-5-11(6-9)10(2)7-12-8-13/h3-8H,1-2H3,(H,12,13)/b10-7+. The zero-order chi connectivity index (χ0) is 9.68. The normalized spacial score (nSPS) is 11.1. The van der Waals surface area contributed by atoms with Crippen LogP contribution in [0.3, 0.4) is 0 Å². The molecular formula is C11H13NO. The van der Waals surface area contributed by atoms with Crippen LogP contribution in [0.5, 0.6) is 0 Å². The van der Waals surface area contributed by atoms with Crippen molar-refractivity contribution >= 4 is 12.0 Å². The van der Waals surface area contributed by atoms with Crippen LogP contribution in [-0.4, -0.2) is 6.41 Å². The molecule has 0 fully saturated rings. The molecule has 0 bridgehead atoms. The number of hydrogen-bond donors (Lipinski definition) is 1. The molecule has 0 aliphatic heterocycles. The van der Waals surface area contributed by atoms with Gasteiger partial charge in [-0.15, -0.1) is 0 Å². The van der Waals surface area contributed by atoms with Gasteiger partial charge in [0.25, 0.3) is 0 Å². The van der Waals surface area contributed by atoms with Crippen LogP contribution >= 0.6 is 0 Å². The Hall–Kier alpha value is -1.57. The molecule has 0 aromatic heterocycles. The first kappa shape index (κ1) is 9.52. The molecule has 2 nitrogen and oxygen atoms in total. The third-order valence-electron chi connectivity index (χ3n) is 1.84. The molecule has 0 aliphatic rings. The summed E-state index contributed by atoms with van der Waals surface area (Å²) in [6.07, 6.45) is 2.36. The molecule has 1 N–H and O–H groups in total. The third kappa shape index (κ3) is 2.75. The highest BCUT2D eigenvalue weighted by atomic mass is 16.1. The summed E-state index contributed by atoms with van der Waals surface area (Å²) in [7, 11) is 0. The van der Waals surface area contributed by atoms with Crippen molar-refractivity contribution in [3.05, 3.63) is 41.6 Å². The van der Waals surface area contributed by atoms with Gasteiger partial charge in [-0.3, -0.25) is 4.79 Å². The van der Waals surface area contributed by atoms with Crippen LogP contribution in [0.1, 0.15) is 18.1 Å². The van der Waals surface area contributed by atoms with Crippen LogP contribution in [0.2, 0.25) is 0 Å². The smallest absolute Gasteiger partial charge is 0.211 e. The van der Waals surface area contributed by atoms with Gasteiger partial charge in [-0.25, -0.2) is 0 Å². The van der Waals surface area contributed by atoms with E-state index in [-0.39, 0.29) is 0 Å². The monoisotopic (exact) mass is 175 g/mol. The second kappa shape index (κ2) is 4.45. The molecule has 0 unspecified atom stereocenters. The number of hydrogen-bond acceptors (Lipinski definition) is 1. The number of benzene rings is 1. The van der Waals surface area contributed by atoms with Crippen LogP contribution in [0, 0.1) is 6.92 Å². The average molecular weight is 175 g/mol. The van der Waals surface area contributed by atoms with Gasteiger partial charge in [0.2, 0.25) is 6.41 Å². The zero-order valence-corrected chi connectivity index (χ0v) is 7.87. The van der Waals surface area contributed by atoms with Crippen molar-refractivity contribution in [2.45, 2.75) is 13.8 Å². The molecule has 1 aromatic carbocycles. The summed E-state index contributed by atoms with van der Waals surface area (Å²) >= 11 is 0. The lowest BCUT2D eigenvalue weighted by Gasteiger charge is -2.01. The van der Waals surface area contributed by atoms with Crippen molar-refractivity contribution in [3.8, 4) is 0 Å². The lowest BCUT2D eigenvalue weighted by Crippen LogP contribution is -2.00. The second-order valence-corrected chi connectivity index (χ2v) is 2.98. The van der Waals surface area contributed by atoms with Crippen LogP contribution in [0.25, 0.3) is 5.57 Å². The summed E-state index contributed by atoms with van der Waals surface area (Å²) in [6, 6.07) is 8.15. The van der Waals surface area contributed by atoms with Gasteiger partial charge in [0.1, 0.15) is 0 Å². The third-order valence-corrected chi connectivity index (χ3v) is 1.84. The minimum absolute atomic E-state index is 0.666. The molecule has 0 radical (unpaired) electrons. The van der Waals surface area contributed by atoms with Gasteiger partial charge in [-0.2, -0.15) is 0 Å². The van der Waals surface area contributed by atoms with Gasteiger partial charge in [0.15, 0.2) is 0 Å².